The SMILES string of the molecule is C=C1NC(=O)NC(C(=O)N[C@H](C)COc2c(C)cc(Cl)cc2Cl)=C1N. The van der Waals surface area contributed by atoms with Crippen molar-refractivity contribution in [1.29, 1.82) is 0 Å². The molecule has 1 atom stereocenters. The number of aryl methyl sites for hydroxylation is 1. The van der Waals surface area contributed by atoms with Crippen molar-refractivity contribution in [3.63, 3.8) is 0 Å². The van der Waals surface area contributed by atoms with E-state index in [2.05, 4.69) is 22.5 Å². The molecule has 1 aliphatic rings. The summed E-state index contributed by atoms with van der Waals surface area (Å²) >= 11 is 12.0. The molecule has 0 bridgehead atoms. The zero-order valence-electron chi connectivity index (χ0n) is 13.7. The first-order chi connectivity index (χ1) is 11.7. The maximum Gasteiger partial charge on any atom is 0.323 e. The predicted molar refractivity (Wildman–Crippen MR) is 96.3 cm³/mol. The Morgan fingerprint density at radius 3 is 2.72 bits per heavy atom. The van der Waals surface area contributed by atoms with Crippen LogP contribution in [-0.2, 0) is 4.79 Å². The van der Waals surface area contributed by atoms with Crippen molar-refractivity contribution in [2.75, 3.05) is 6.61 Å². The molecule has 1 heterocycles. The number of urea groups is 1. The topological polar surface area (TPSA) is 105 Å². The number of hydrogen-bond acceptors (Lipinski definition) is 4. The van der Waals surface area contributed by atoms with E-state index in [1.54, 1.807) is 19.1 Å². The Balaban J connectivity index is 2.00. The molecule has 7 nitrogen and oxygen atoms in total. The van der Waals surface area contributed by atoms with Gasteiger partial charge in [0.15, 0.2) is 0 Å². The standard InChI is InChI=1S/C16H18Cl2N4O3/c1-7-4-10(17)5-11(18)14(7)25-6-8(2)20-15(23)13-12(19)9(3)21-16(24)22-13/h4-5,8H,3,6,19H2,1-2H3,(H,20,23)(H2,21,22,24)/t8-/m1/s1. The van der Waals surface area contributed by atoms with Crippen LogP contribution in [0.5, 0.6) is 5.75 Å². The zero-order valence-corrected chi connectivity index (χ0v) is 15.2. The molecule has 3 amide bonds. The highest BCUT2D eigenvalue weighted by molar-refractivity contribution is 6.35. The van der Waals surface area contributed by atoms with Gasteiger partial charge >= 0.3 is 6.03 Å². The Morgan fingerprint density at radius 2 is 2.08 bits per heavy atom. The predicted octanol–water partition coefficient (Wildman–Crippen LogP) is 2.18. The Kier molecular flexibility index (Phi) is 5.81. The van der Waals surface area contributed by atoms with E-state index in [-0.39, 0.29) is 29.7 Å². The lowest BCUT2D eigenvalue weighted by atomic mass is 10.2. The van der Waals surface area contributed by atoms with Gasteiger partial charge in [-0.3, -0.25) is 4.79 Å². The fraction of sp³-hybridized carbons (Fsp3) is 0.250. The van der Waals surface area contributed by atoms with Crippen molar-refractivity contribution in [3.05, 3.63) is 51.4 Å². The van der Waals surface area contributed by atoms with Gasteiger partial charge in [-0.25, -0.2) is 4.79 Å². The van der Waals surface area contributed by atoms with Crippen LogP contribution in [-0.4, -0.2) is 24.6 Å². The molecular formula is C16H18Cl2N4O3. The second kappa shape index (κ2) is 7.67. The molecule has 1 aromatic carbocycles. The maximum atomic E-state index is 12.3. The minimum absolute atomic E-state index is 0.0543. The minimum Gasteiger partial charge on any atom is -0.490 e. The highest BCUT2D eigenvalue weighted by Crippen LogP contribution is 2.31. The third-order valence-corrected chi connectivity index (χ3v) is 3.87. The van der Waals surface area contributed by atoms with Crippen molar-refractivity contribution in [2.45, 2.75) is 19.9 Å². The van der Waals surface area contributed by atoms with Crippen LogP contribution in [0.25, 0.3) is 0 Å². The Morgan fingerprint density at radius 1 is 1.40 bits per heavy atom. The average Bonchev–Trinajstić information content (AvgIpc) is 2.49. The average molecular weight is 385 g/mol. The van der Waals surface area contributed by atoms with E-state index in [0.29, 0.717) is 15.8 Å². The third-order valence-electron chi connectivity index (χ3n) is 3.37. The van der Waals surface area contributed by atoms with Gasteiger partial charge in [-0.1, -0.05) is 29.8 Å². The summed E-state index contributed by atoms with van der Waals surface area (Å²) in [4.78, 5) is 23.7. The van der Waals surface area contributed by atoms with Crippen molar-refractivity contribution >= 4 is 35.1 Å². The van der Waals surface area contributed by atoms with Crippen molar-refractivity contribution in [3.8, 4) is 5.75 Å². The largest absolute Gasteiger partial charge is 0.490 e. The van der Waals surface area contributed by atoms with Gasteiger partial charge in [-0.05, 0) is 31.5 Å². The molecule has 25 heavy (non-hydrogen) atoms. The summed E-state index contributed by atoms with van der Waals surface area (Å²) in [7, 11) is 0. The van der Waals surface area contributed by atoms with E-state index in [1.165, 1.54) is 0 Å². The Bertz CT molecular complexity index is 754. The van der Waals surface area contributed by atoms with Crippen LogP contribution in [0, 0.1) is 6.92 Å². The van der Waals surface area contributed by atoms with Crippen LogP contribution in [0.4, 0.5) is 4.79 Å². The van der Waals surface area contributed by atoms with Crippen LogP contribution in [0.3, 0.4) is 0 Å². The molecule has 0 aromatic heterocycles. The first kappa shape index (κ1) is 19.0. The molecule has 134 valence electrons. The van der Waals surface area contributed by atoms with E-state index in [1.807, 2.05) is 6.92 Å². The second-order valence-corrected chi connectivity index (χ2v) is 6.41. The number of amides is 3. The monoisotopic (exact) mass is 384 g/mol. The van der Waals surface area contributed by atoms with Gasteiger partial charge in [-0.2, -0.15) is 0 Å². The highest BCUT2D eigenvalue weighted by Gasteiger charge is 2.24. The second-order valence-electron chi connectivity index (χ2n) is 5.57. The Labute approximate surface area is 155 Å². The van der Waals surface area contributed by atoms with Gasteiger partial charge in [0.1, 0.15) is 18.1 Å². The number of rotatable bonds is 5. The fourth-order valence-corrected chi connectivity index (χ4v) is 2.81. The zero-order chi connectivity index (χ0) is 18.7. The van der Waals surface area contributed by atoms with Crippen LogP contribution in [0.2, 0.25) is 10.0 Å². The maximum absolute atomic E-state index is 12.3. The fourth-order valence-electron chi connectivity index (χ4n) is 2.16. The van der Waals surface area contributed by atoms with Crippen LogP contribution >= 0.6 is 23.2 Å². The number of nitrogens with two attached hydrogens (primary N) is 1. The van der Waals surface area contributed by atoms with Gasteiger partial charge in [0.2, 0.25) is 0 Å². The third kappa shape index (κ3) is 4.58. The highest BCUT2D eigenvalue weighted by atomic mass is 35.5. The summed E-state index contributed by atoms with van der Waals surface area (Å²) in [6.45, 7) is 7.29. The molecule has 1 aromatic rings. The number of nitrogens with one attached hydrogen (secondary N) is 3. The normalized spacial score (nSPS) is 15.4. The molecule has 1 aliphatic heterocycles. The molecule has 0 saturated heterocycles. The number of halogens is 2. The molecule has 0 saturated carbocycles. The minimum atomic E-state index is -0.572. The van der Waals surface area contributed by atoms with Crippen molar-refractivity contribution in [1.82, 2.24) is 16.0 Å². The smallest absolute Gasteiger partial charge is 0.323 e. The van der Waals surface area contributed by atoms with Gasteiger partial charge in [0.05, 0.1) is 22.5 Å². The molecule has 0 spiro atoms. The lowest BCUT2D eigenvalue weighted by molar-refractivity contribution is -0.118. The summed E-state index contributed by atoms with van der Waals surface area (Å²) in [6.07, 6.45) is 0. The van der Waals surface area contributed by atoms with Crippen LogP contribution < -0.4 is 26.4 Å². The van der Waals surface area contributed by atoms with Gasteiger partial charge in [0.25, 0.3) is 5.91 Å². The number of carbonyl (C=O) groups excluding carboxylic acids is 2. The van der Waals surface area contributed by atoms with Crippen molar-refractivity contribution in [2.24, 2.45) is 5.73 Å². The van der Waals surface area contributed by atoms with E-state index in [9.17, 15) is 9.59 Å². The van der Waals surface area contributed by atoms with E-state index >= 15 is 0 Å². The van der Waals surface area contributed by atoms with Gasteiger partial charge in [0, 0.05) is 5.02 Å². The summed E-state index contributed by atoms with van der Waals surface area (Å²) in [5.74, 6) is -0.0435. The summed E-state index contributed by atoms with van der Waals surface area (Å²) in [5, 5.41) is 8.32. The number of ether oxygens (including phenoxy) is 1. The molecule has 0 aliphatic carbocycles. The van der Waals surface area contributed by atoms with Gasteiger partial charge in [-0.15, -0.1) is 0 Å². The first-order valence-corrected chi connectivity index (χ1v) is 8.11. The number of carbonyl (C=O) groups is 2. The first-order valence-electron chi connectivity index (χ1n) is 7.35. The molecule has 0 unspecified atom stereocenters. The van der Waals surface area contributed by atoms with Crippen LogP contribution in [0.15, 0.2) is 35.8 Å². The molecule has 0 fully saturated rings. The molecule has 9 heteroatoms. The number of hydrogen-bond donors (Lipinski definition) is 4. The molecular weight excluding hydrogens is 367 g/mol. The summed E-state index contributed by atoms with van der Waals surface area (Å²) in [5.41, 5.74) is 6.73. The Hall–Kier alpha value is -2.38. The summed E-state index contributed by atoms with van der Waals surface area (Å²) < 4.78 is 5.67. The van der Waals surface area contributed by atoms with Gasteiger partial charge < -0.3 is 26.4 Å². The van der Waals surface area contributed by atoms with E-state index < -0.39 is 11.9 Å². The molecule has 2 rings (SSSR count). The summed E-state index contributed by atoms with van der Waals surface area (Å²) in [6, 6.07) is 2.36. The number of benzene rings is 1. The quantitative estimate of drug-likeness (QED) is 0.624. The lowest BCUT2D eigenvalue weighted by Gasteiger charge is -2.22. The van der Waals surface area contributed by atoms with Crippen LogP contribution in [0.1, 0.15) is 12.5 Å². The van der Waals surface area contributed by atoms with E-state index in [4.69, 9.17) is 33.7 Å². The lowest BCUT2D eigenvalue weighted by Crippen LogP contribution is -2.49. The molecule has 5 N–H and O–H groups in total. The van der Waals surface area contributed by atoms with Crippen molar-refractivity contribution < 1.29 is 14.3 Å². The van der Waals surface area contributed by atoms with E-state index in [0.717, 1.165) is 5.56 Å². The molecule has 0 radical (unpaired) electrons.